The minimum absolute atomic E-state index is 0.378. The number of nitrogens with two attached hydrogens (primary N) is 1. The molecule has 0 radical (unpaired) electrons. The van der Waals surface area contributed by atoms with Crippen molar-refractivity contribution >= 4 is 21.6 Å². The maximum absolute atomic E-state index is 5.93. The first-order valence-corrected chi connectivity index (χ1v) is 6.31. The van der Waals surface area contributed by atoms with Crippen LogP contribution in [0, 0.1) is 0 Å². The van der Waals surface area contributed by atoms with E-state index in [9.17, 15) is 0 Å². The number of aryl methyl sites for hydroxylation is 1. The van der Waals surface area contributed by atoms with E-state index in [2.05, 4.69) is 31.1 Å². The Morgan fingerprint density at radius 3 is 2.89 bits per heavy atom. The van der Waals surface area contributed by atoms with Gasteiger partial charge < -0.3 is 14.8 Å². The Hall–Kier alpha value is -2.15. The number of imidazole rings is 1. The van der Waals surface area contributed by atoms with Crippen LogP contribution < -0.4 is 5.73 Å². The van der Waals surface area contributed by atoms with Crippen molar-refractivity contribution in [2.45, 2.75) is 0 Å². The fourth-order valence-corrected chi connectivity index (χ4v) is 2.11. The number of benzene rings is 1. The zero-order valence-electron chi connectivity index (χ0n) is 10.0. The Morgan fingerprint density at radius 2 is 2.21 bits per heavy atom. The van der Waals surface area contributed by atoms with Crippen molar-refractivity contribution in [3.63, 3.8) is 0 Å². The quantitative estimate of drug-likeness (QED) is 0.734. The third kappa shape index (κ3) is 2.12. The lowest BCUT2D eigenvalue weighted by Gasteiger charge is -2.00. The van der Waals surface area contributed by atoms with Crippen molar-refractivity contribution < 1.29 is 4.52 Å². The van der Waals surface area contributed by atoms with Crippen molar-refractivity contribution in [1.29, 1.82) is 0 Å². The average molecular weight is 320 g/mol. The molecule has 2 heterocycles. The molecule has 0 unspecified atom stereocenters. The molecule has 19 heavy (non-hydrogen) atoms. The Balaban J connectivity index is 2.04. The highest BCUT2D eigenvalue weighted by Gasteiger charge is 2.15. The van der Waals surface area contributed by atoms with E-state index in [-0.39, 0.29) is 0 Å². The maximum Gasteiger partial charge on any atom is 0.260 e. The van der Waals surface area contributed by atoms with Crippen molar-refractivity contribution in [3.05, 3.63) is 35.1 Å². The van der Waals surface area contributed by atoms with E-state index in [1.165, 1.54) is 0 Å². The molecule has 0 aliphatic heterocycles. The van der Waals surface area contributed by atoms with Crippen molar-refractivity contribution in [1.82, 2.24) is 19.7 Å². The molecule has 6 nitrogen and oxygen atoms in total. The van der Waals surface area contributed by atoms with Crippen LogP contribution in [-0.2, 0) is 7.05 Å². The Kier molecular flexibility index (Phi) is 2.83. The van der Waals surface area contributed by atoms with Gasteiger partial charge in [0.25, 0.3) is 5.89 Å². The summed E-state index contributed by atoms with van der Waals surface area (Å²) in [4.78, 5) is 8.49. The Bertz CT molecular complexity index is 733. The van der Waals surface area contributed by atoms with Gasteiger partial charge in [-0.25, -0.2) is 4.98 Å². The van der Waals surface area contributed by atoms with Crippen molar-refractivity contribution in [3.8, 4) is 23.1 Å². The number of halogens is 1. The highest BCUT2D eigenvalue weighted by atomic mass is 79.9. The fourth-order valence-electron chi connectivity index (χ4n) is 1.73. The summed E-state index contributed by atoms with van der Waals surface area (Å²) < 4.78 is 7.96. The first-order chi connectivity index (χ1) is 9.15. The van der Waals surface area contributed by atoms with Gasteiger partial charge >= 0.3 is 0 Å². The zero-order chi connectivity index (χ0) is 13.4. The average Bonchev–Trinajstić information content (AvgIpc) is 2.97. The molecule has 7 heteroatoms. The second-order valence-electron chi connectivity index (χ2n) is 4.02. The van der Waals surface area contributed by atoms with Gasteiger partial charge in [0.15, 0.2) is 5.82 Å². The molecule has 96 valence electrons. The molecule has 0 aliphatic rings. The van der Waals surface area contributed by atoms with Gasteiger partial charge in [-0.05, 0) is 18.2 Å². The predicted molar refractivity (Wildman–Crippen MR) is 74.0 cm³/mol. The Morgan fingerprint density at radius 1 is 1.37 bits per heavy atom. The summed E-state index contributed by atoms with van der Waals surface area (Å²) in [6, 6.07) is 5.49. The number of hydrogen-bond acceptors (Lipinski definition) is 5. The molecular weight excluding hydrogens is 310 g/mol. The molecule has 1 aromatic carbocycles. The third-order valence-corrected chi connectivity index (χ3v) is 3.18. The molecule has 0 amide bonds. The van der Waals surface area contributed by atoms with E-state index in [0.29, 0.717) is 28.8 Å². The summed E-state index contributed by atoms with van der Waals surface area (Å²) in [6.07, 6.45) is 3.50. The highest BCUT2D eigenvalue weighted by Crippen LogP contribution is 2.28. The van der Waals surface area contributed by atoms with Crippen LogP contribution in [0.5, 0.6) is 0 Å². The largest absolute Gasteiger partial charge is 0.398 e. The van der Waals surface area contributed by atoms with E-state index >= 15 is 0 Å². The number of anilines is 1. The number of nitrogens with zero attached hydrogens (tertiary/aromatic N) is 4. The molecule has 0 atom stereocenters. The van der Waals surface area contributed by atoms with E-state index in [4.69, 9.17) is 10.3 Å². The van der Waals surface area contributed by atoms with E-state index in [0.717, 1.165) is 4.47 Å². The van der Waals surface area contributed by atoms with Crippen molar-refractivity contribution in [2.24, 2.45) is 7.05 Å². The number of rotatable bonds is 2. The van der Waals surface area contributed by atoms with Crippen LogP contribution in [0.3, 0.4) is 0 Å². The maximum atomic E-state index is 5.93. The van der Waals surface area contributed by atoms with Gasteiger partial charge in [-0.2, -0.15) is 4.98 Å². The SMILES string of the molecule is Cn1ccnc1-c1noc(-c2ccc(Br)cc2N)n1. The molecule has 0 fully saturated rings. The van der Waals surface area contributed by atoms with Gasteiger partial charge in [-0.15, -0.1) is 0 Å². The molecule has 2 aromatic heterocycles. The monoisotopic (exact) mass is 319 g/mol. The van der Waals surface area contributed by atoms with Gasteiger partial charge in [0.05, 0.1) is 5.56 Å². The minimum atomic E-state index is 0.378. The lowest BCUT2D eigenvalue weighted by molar-refractivity contribution is 0.432. The predicted octanol–water partition coefficient (Wildman–Crippen LogP) is 2.48. The number of nitrogen functional groups attached to an aromatic ring is 1. The molecule has 2 N–H and O–H groups in total. The molecule has 3 rings (SSSR count). The fraction of sp³-hybridized carbons (Fsp3) is 0.0833. The topological polar surface area (TPSA) is 82.8 Å². The lowest BCUT2D eigenvalue weighted by atomic mass is 10.2. The molecule has 0 saturated heterocycles. The zero-order valence-corrected chi connectivity index (χ0v) is 11.6. The van der Waals surface area contributed by atoms with Crippen LogP contribution in [-0.4, -0.2) is 19.7 Å². The molecule has 0 bridgehead atoms. The summed E-state index contributed by atoms with van der Waals surface area (Å²) in [7, 11) is 1.87. The molecule has 0 aliphatic carbocycles. The highest BCUT2D eigenvalue weighted by molar-refractivity contribution is 9.10. The van der Waals surface area contributed by atoms with E-state index < -0.39 is 0 Å². The van der Waals surface area contributed by atoms with Crippen LogP contribution >= 0.6 is 15.9 Å². The molecule has 3 aromatic rings. The van der Waals surface area contributed by atoms with Crippen LogP contribution in [0.1, 0.15) is 0 Å². The van der Waals surface area contributed by atoms with E-state index in [1.807, 2.05) is 29.9 Å². The standard InChI is InChI=1S/C12H10BrN5O/c1-18-5-4-15-11(18)10-16-12(19-17-10)8-3-2-7(13)6-9(8)14/h2-6H,14H2,1H3. The third-order valence-electron chi connectivity index (χ3n) is 2.69. The molecule has 0 spiro atoms. The van der Waals surface area contributed by atoms with Crippen LogP contribution in [0.25, 0.3) is 23.1 Å². The molecule has 0 saturated carbocycles. The van der Waals surface area contributed by atoms with Crippen LogP contribution in [0.4, 0.5) is 5.69 Å². The smallest absolute Gasteiger partial charge is 0.260 e. The summed E-state index contributed by atoms with van der Waals surface area (Å²) in [6.45, 7) is 0. The first kappa shape index (κ1) is 11.9. The summed E-state index contributed by atoms with van der Waals surface area (Å²) in [5.74, 6) is 1.46. The summed E-state index contributed by atoms with van der Waals surface area (Å²) in [5.41, 5.74) is 7.21. The molecular formula is C12H10BrN5O. The number of aromatic nitrogens is 4. The minimum Gasteiger partial charge on any atom is -0.398 e. The second kappa shape index (κ2) is 4.51. The van der Waals surface area contributed by atoms with Gasteiger partial charge in [-0.1, -0.05) is 21.1 Å². The van der Waals surface area contributed by atoms with E-state index in [1.54, 1.807) is 12.3 Å². The lowest BCUT2D eigenvalue weighted by Crippen LogP contribution is -1.93. The Labute approximate surface area is 117 Å². The number of hydrogen-bond donors (Lipinski definition) is 1. The van der Waals surface area contributed by atoms with Gasteiger partial charge in [-0.3, -0.25) is 0 Å². The van der Waals surface area contributed by atoms with Crippen molar-refractivity contribution in [2.75, 3.05) is 5.73 Å². The van der Waals surface area contributed by atoms with Gasteiger partial charge in [0.2, 0.25) is 5.82 Å². The van der Waals surface area contributed by atoms with Gasteiger partial charge in [0, 0.05) is 29.6 Å². The van der Waals surface area contributed by atoms with Crippen LogP contribution in [0.2, 0.25) is 0 Å². The summed E-state index contributed by atoms with van der Waals surface area (Å²) in [5, 5.41) is 3.92. The first-order valence-electron chi connectivity index (χ1n) is 5.52. The van der Waals surface area contributed by atoms with Gasteiger partial charge in [0.1, 0.15) is 0 Å². The summed E-state index contributed by atoms with van der Waals surface area (Å²) >= 11 is 3.36. The normalized spacial score (nSPS) is 10.8. The van der Waals surface area contributed by atoms with Crippen LogP contribution in [0.15, 0.2) is 39.6 Å². The second-order valence-corrected chi connectivity index (χ2v) is 4.93.